The molecule has 2 aliphatic rings. The molecule has 0 bridgehead atoms. The van der Waals surface area contributed by atoms with Gasteiger partial charge in [0.1, 0.15) is 23.6 Å². The monoisotopic (exact) mass is 487 g/mol. The maximum absolute atomic E-state index is 13.6. The smallest absolute Gasteiger partial charge is 0.325 e. The normalized spacial score (nSPS) is 21.7. The van der Waals surface area contributed by atoms with Crippen LogP contribution in [0.4, 0.5) is 4.79 Å². The van der Waals surface area contributed by atoms with Gasteiger partial charge in [-0.15, -0.1) is 0 Å². The van der Waals surface area contributed by atoms with Crippen LogP contribution in [0.5, 0.6) is 11.5 Å². The highest BCUT2D eigenvalue weighted by Crippen LogP contribution is 2.39. The molecule has 2 heterocycles. The predicted molar refractivity (Wildman–Crippen MR) is 135 cm³/mol. The van der Waals surface area contributed by atoms with Gasteiger partial charge < -0.3 is 19.7 Å². The van der Waals surface area contributed by atoms with Crippen molar-refractivity contribution in [1.29, 1.82) is 0 Å². The number of benzene rings is 3. The van der Waals surface area contributed by atoms with Gasteiger partial charge in [0.25, 0.3) is 5.91 Å². The maximum Gasteiger partial charge on any atom is 0.325 e. The van der Waals surface area contributed by atoms with Crippen LogP contribution in [0.2, 0.25) is 0 Å². The number of likely N-dealkylation sites (tertiary alicyclic amines) is 1. The highest BCUT2D eigenvalue weighted by Gasteiger charge is 2.50. The quantitative estimate of drug-likeness (QED) is 0.532. The zero-order chi connectivity index (χ0) is 25.4. The lowest BCUT2D eigenvalue weighted by molar-refractivity contribution is -0.139. The third kappa shape index (κ3) is 3.82. The minimum atomic E-state index is -1.27. The molecule has 0 aliphatic carbocycles. The Balaban J connectivity index is 1.40. The van der Waals surface area contributed by atoms with Crippen LogP contribution in [0.1, 0.15) is 36.9 Å². The van der Waals surface area contributed by atoms with Crippen molar-refractivity contribution in [3.05, 3.63) is 71.8 Å². The van der Waals surface area contributed by atoms with Gasteiger partial charge >= 0.3 is 6.03 Å². The highest BCUT2D eigenvalue weighted by molar-refractivity contribution is 6.10. The van der Waals surface area contributed by atoms with Crippen LogP contribution in [0.15, 0.2) is 60.7 Å². The van der Waals surface area contributed by atoms with Crippen molar-refractivity contribution in [2.75, 3.05) is 27.3 Å². The third-order valence-corrected chi connectivity index (χ3v) is 7.27. The number of rotatable bonds is 6. The molecule has 4 amide bonds. The first-order valence-corrected chi connectivity index (χ1v) is 12.0. The summed E-state index contributed by atoms with van der Waals surface area (Å²) in [5.41, 5.74) is 0.285. The minimum absolute atomic E-state index is 0.229. The zero-order valence-electron chi connectivity index (χ0n) is 20.6. The number of ether oxygens (including phenoxy) is 2. The van der Waals surface area contributed by atoms with Crippen molar-refractivity contribution >= 4 is 28.6 Å². The van der Waals surface area contributed by atoms with Crippen molar-refractivity contribution in [3.8, 4) is 11.5 Å². The summed E-state index contributed by atoms with van der Waals surface area (Å²) in [5, 5.41) is 4.70. The van der Waals surface area contributed by atoms with Crippen LogP contribution in [0, 0.1) is 0 Å². The second-order valence-electron chi connectivity index (χ2n) is 9.33. The molecule has 8 nitrogen and oxygen atoms in total. The first-order valence-electron chi connectivity index (χ1n) is 12.0. The number of urea groups is 1. The topological polar surface area (TPSA) is 88.2 Å². The fourth-order valence-corrected chi connectivity index (χ4v) is 5.40. The number of amides is 4. The van der Waals surface area contributed by atoms with Gasteiger partial charge in [-0.25, -0.2) is 4.79 Å². The molecule has 2 fully saturated rings. The van der Waals surface area contributed by atoms with E-state index in [4.69, 9.17) is 9.47 Å². The van der Waals surface area contributed by atoms with Gasteiger partial charge in [0.2, 0.25) is 5.91 Å². The summed E-state index contributed by atoms with van der Waals surface area (Å²) in [6, 6.07) is 18.1. The Morgan fingerprint density at radius 1 is 1.06 bits per heavy atom. The van der Waals surface area contributed by atoms with Gasteiger partial charge in [-0.1, -0.05) is 42.5 Å². The van der Waals surface area contributed by atoms with Crippen molar-refractivity contribution in [3.63, 3.8) is 0 Å². The molecule has 5 rings (SSSR count). The van der Waals surface area contributed by atoms with Gasteiger partial charge in [0.05, 0.1) is 20.3 Å². The molecule has 2 saturated heterocycles. The lowest BCUT2D eigenvalue weighted by Crippen LogP contribution is -2.44. The Morgan fingerprint density at radius 2 is 1.83 bits per heavy atom. The van der Waals surface area contributed by atoms with E-state index in [1.165, 1.54) is 0 Å². The van der Waals surface area contributed by atoms with E-state index in [0.717, 1.165) is 34.1 Å². The number of nitrogens with zero attached hydrogens (tertiary/aromatic N) is 2. The van der Waals surface area contributed by atoms with E-state index in [1.54, 1.807) is 26.0 Å². The zero-order valence-corrected chi connectivity index (χ0v) is 20.6. The molecule has 0 radical (unpaired) electrons. The maximum atomic E-state index is 13.6. The average molecular weight is 488 g/mol. The number of hydrogen-bond acceptors (Lipinski definition) is 5. The summed E-state index contributed by atoms with van der Waals surface area (Å²) >= 11 is 0. The molecule has 3 aromatic rings. The lowest BCUT2D eigenvalue weighted by atomic mass is 9.88. The van der Waals surface area contributed by atoms with Crippen molar-refractivity contribution in [2.45, 2.75) is 31.3 Å². The molecule has 1 N–H and O–H groups in total. The van der Waals surface area contributed by atoms with E-state index in [2.05, 4.69) is 5.32 Å². The molecule has 2 atom stereocenters. The summed E-state index contributed by atoms with van der Waals surface area (Å²) in [7, 11) is 3.18. The van der Waals surface area contributed by atoms with Gasteiger partial charge in [0.15, 0.2) is 0 Å². The van der Waals surface area contributed by atoms with Crippen molar-refractivity contribution < 1.29 is 23.9 Å². The molecule has 8 heteroatoms. The number of methoxy groups -OCH3 is 2. The molecule has 0 aromatic heterocycles. The van der Waals surface area contributed by atoms with Gasteiger partial charge in [-0.3, -0.25) is 14.5 Å². The summed E-state index contributed by atoms with van der Waals surface area (Å²) < 4.78 is 10.9. The van der Waals surface area contributed by atoms with E-state index in [0.29, 0.717) is 23.6 Å². The van der Waals surface area contributed by atoms with E-state index < -0.39 is 17.5 Å². The van der Waals surface area contributed by atoms with Crippen LogP contribution in [-0.4, -0.2) is 55.0 Å². The molecule has 2 aliphatic heterocycles. The Bertz CT molecular complexity index is 1350. The first kappa shape index (κ1) is 23.7. The lowest BCUT2D eigenvalue weighted by Gasteiger charge is -2.28. The summed E-state index contributed by atoms with van der Waals surface area (Å²) in [4.78, 5) is 42.8. The number of imide groups is 1. The number of fused-ring (bicyclic) bond motifs is 1. The molecule has 0 unspecified atom stereocenters. The van der Waals surface area contributed by atoms with Crippen LogP contribution in [0.25, 0.3) is 10.8 Å². The molecule has 3 aromatic carbocycles. The SMILES string of the molecule is COc1ccc(OC)c([C@@H]2CCCN2C(=O)CN2C(=O)N[C@@](C)(c3cccc4ccccc34)C2=O)c1. The van der Waals surface area contributed by atoms with E-state index in [-0.39, 0.29) is 18.5 Å². The highest BCUT2D eigenvalue weighted by atomic mass is 16.5. The van der Waals surface area contributed by atoms with Crippen LogP contribution in [-0.2, 0) is 15.1 Å². The van der Waals surface area contributed by atoms with Crippen LogP contribution >= 0.6 is 0 Å². The fraction of sp³-hybridized carbons (Fsp3) is 0.321. The standard InChI is InChI=1S/C28H29N3O5/c1-28(22-11-6-9-18-8-4-5-10-20(18)22)26(33)31(27(34)29-28)17-25(32)30-15-7-12-23(30)21-16-19(35-2)13-14-24(21)36-3/h4-6,8-11,13-14,16,23H,7,12,15,17H2,1-3H3,(H,29,34)/t23-,28-/m0/s1. The number of hydrogen-bond donors (Lipinski definition) is 1. The minimum Gasteiger partial charge on any atom is -0.497 e. The second kappa shape index (κ2) is 9.18. The first-order chi connectivity index (χ1) is 17.4. The summed E-state index contributed by atoms with van der Waals surface area (Å²) in [6.07, 6.45) is 1.56. The number of carbonyl (C=O) groups excluding carboxylic acids is 3. The molecule has 36 heavy (non-hydrogen) atoms. The predicted octanol–water partition coefficient (Wildman–Crippen LogP) is 3.99. The van der Waals surface area contributed by atoms with Gasteiger partial charge in [0, 0.05) is 12.1 Å². The van der Waals surface area contributed by atoms with Gasteiger partial charge in [-0.2, -0.15) is 0 Å². The number of nitrogens with one attached hydrogen (secondary N) is 1. The van der Waals surface area contributed by atoms with E-state index in [9.17, 15) is 14.4 Å². The fourth-order valence-electron chi connectivity index (χ4n) is 5.40. The van der Waals surface area contributed by atoms with Crippen LogP contribution in [0.3, 0.4) is 0 Å². The number of carbonyl (C=O) groups is 3. The van der Waals surface area contributed by atoms with Gasteiger partial charge in [-0.05, 0) is 54.3 Å². The molecule has 0 saturated carbocycles. The molecular weight excluding hydrogens is 458 g/mol. The Hall–Kier alpha value is -4.07. The molecule has 186 valence electrons. The largest absolute Gasteiger partial charge is 0.497 e. The average Bonchev–Trinajstić information content (AvgIpc) is 3.47. The van der Waals surface area contributed by atoms with Crippen molar-refractivity contribution in [2.24, 2.45) is 0 Å². The van der Waals surface area contributed by atoms with Crippen molar-refractivity contribution in [1.82, 2.24) is 15.1 Å². The Kier molecular flexibility index (Phi) is 6.04. The van der Waals surface area contributed by atoms with E-state index in [1.807, 2.05) is 60.7 Å². The summed E-state index contributed by atoms with van der Waals surface area (Å²) in [5.74, 6) is 0.615. The Morgan fingerprint density at radius 3 is 2.61 bits per heavy atom. The molecular formula is C28H29N3O5. The van der Waals surface area contributed by atoms with E-state index >= 15 is 0 Å². The molecule has 0 spiro atoms. The van der Waals surface area contributed by atoms with Crippen LogP contribution < -0.4 is 14.8 Å². The third-order valence-electron chi connectivity index (χ3n) is 7.27. The Labute approximate surface area is 209 Å². The summed E-state index contributed by atoms with van der Waals surface area (Å²) in [6.45, 7) is 1.90. The second-order valence-corrected chi connectivity index (χ2v) is 9.33.